The summed E-state index contributed by atoms with van der Waals surface area (Å²) in [4.78, 5) is 19.0. The lowest BCUT2D eigenvalue weighted by atomic mass is 10.2. The van der Waals surface area contributed by atoms with E-state index in [0.29, 0.717) is 6.42 Å². The minimum Gasteiger partial charge on any atom is -0.300 e. The Morgan fingerprint density at radius 1 is 1.58 bits per heavy atom. The maximum absolute atomic E-state index is 10.8. The predicted octanol–water partition coefficient (Wildman–Crippen LogP) is 1.17. The first-order chi connectivity index (χ1) is 5.72. The summed E-state index contributed by atoms with van der Waals surface area (Å²) < 4.78 is 0. The molecule has 12 heavy (non-hydrogen) atoms. The molecular formula is C9H12N2O. The molecule has 0 saturated carbocycles. The molecule has 0 aliphatic heterocycles. The van der Waals surface area contributed by atoms with Crippen LogP contribution in [0.4, 0.5) is 0 Å². The second kappa shape index (κ2) is 3.95. The van der Waals surface area contributed by atoms with Gasteiger partial charge in [0.1, 0.15) is 11.6 Å². The van der Waals surface area contributed by atoms with E-state index in [1.54, 1.807) is 19.2 Å². The van der Waals surface area contributed by atoms with Gasteiger partial charge in [0, 0.05) is 19.0 Å². The molecule has 3 nitrogen and oxygen atoms in total. The molecule has 0 saturated heterocycles. The van der Waals surface area contributed by atoms with Crippen LogP contribution in [-0.4, -0.2) is 15.8 Å². The number of hydrogen-bond donors (Lipinski definition) is 0. The minimum atomic E-state index is 0.135. The number of aryl methyl sites for hydroxylation is 1. The number of carbonyl (C=O) groups is 1. The van der Waals surface area contributed by atoms with Crippen molar-refractivity contribution in [2.24, 2.45) is 0 Å². The summed E-state index contributed by atoms with van der Waals surface area (Å²) in [7, 11) is 0. The highest BCUT2D eigenvalue weighted by atomic mass is 16.1. The number of hydrogen-bond acceptors (Lipinski definition) is 3. The molecule has 1 aromatic heterocycles. The smallest absolute Gasteiger partial charge is 0.135 e. The van der Waals surface area contributed by atoms with Gasteiger partial charge < -0.3 is 0 Å². The highest BCUT2D eigenvalue weighted by Crippen LogP contribution is 1.97. The molecule has 0 atom stereocenters. The van der Waals surface area contributed by atoms with Gasteiger partial charge in [-0.3, -0.25) is 4.79 Å². The zero-order valence-electron chi connectivity index (χ0n) is 7.37. The van der Waals surface area contributed by atoms with E-state index >= 15 is 0 Å². The minimum absolute atomic E-state index is 0.135. The highest BCUT2D eigenvalue weighted by molar-refractivity contribution is 5.77. The second-order valence-electron chi connectivity index (χ2n) is 2.70. The second-order valence-corrected chi connectivity index (χ2v) is 2.70. The summed E-state index contributed by atoms with van der Waals surface area (Å²) in [6, 6.07) is 1.78. The van der Waals surface area contributed by atoms with Crippen molar-refractivity contribution in [1.29, 1.82) is 0 Å². The van der Waals surface area contributed by atoms with E-state index in [1.165, 1.54) is 0 Å². The first-order valence-corrected chi connectivity index (χ1v) is 4.02. The monoisotopic (exact) mass is 164 g/mol. The van der Waals surface area contributed by atoms with E-state index in [2.05, 4.69) is 9.97 Å². The van der Waals surface area contributed by atoms with Crippen LogP contribution in [0.5, 0.6) is 0 Å². The Morgan fingerprint density at radius 3 is 2.92 bits per heavy atom. The molecule has 0 spiro atoms. The van der Waals surface area contributed by atoms with Crippen LogP contribution in [0.3, 0.4) is 0 Å². The summed E-state index contributed by atoms with van der Waals surface area (Å²) in [5, 5.41) is 0. The van der Waals surface area contributed by atoms with Crippen LogP contribution in [-0.2, 0) is 17.6 Å². The van der Waals surface area contributed by atoms with Crippen LogP contribution >= 0.6 is 0 Å². The van der Waals surface area contributed by atoms with E-state index in [9.17, 15) is 4.79 Å². The van der Waals surface area contributed by atoms with E-state index in [0.717, 1.165) is 17.9 Å². The zero-order valence-corrected chi connectivity index (χ0v) is 7.37. The maximum Gasteiger partial charge on any atom is 0.135 e. The molecule has 0 bridgehead atoms. The summed E-state index contributed by atoms with van der Waals surface area (Å²) in [6.07, 6.45) is 2.92. The molecule has 1 heterocycles. The molecule has 3 heteroatoms. The van der Waals surface area contributed by atoms with Crippen molar-refractivity contribution < 1.29 is 4.79 Å². The first kappa shape index (κ1) is 8.84. The van der Waals surface area contributed by atoms with Gasteiger partial charge in [-0.15, -0.1) is 0 Å². The number of carbonyl (C=O) groups excluding carboxylic acids is 1. The molecule has 0 unspecified atom stereocenters. The Balaban J connectivity index is 2.79. The topological polar surface area (TPSA) is 42.9 Å². The van der Waals surface area contributed by atoms with Crippen molar-refractivity contribution in [3.63, 3.8) is 0 Å². The van der Waals surface area contributed by atoms with Gasteiger partial charge in [-0.2, -0.15) is 0 Å². The quantitative estimate of drug-likeness (QED) is 0.673. The fraction of sp³-hybridized carbons (Fsp3) is 0.444. The van der Waals surface area contributed by atoms with Crippen molar-refractivity contribution in [2.45, 2.75) is 26.7 Å². The van der Waals surface area contributed by atoms with Crippen LogP contribution in [0, 0.1) is 0 Å². The third kappa shape index (κ3) is 2.42. The number of nitrogens with zero attached hydrogens (tertiary/aromatic N) is 2. The molecule has 0 radical (unpaired) electrons. The third-order valence-electron chi connectivity index (χ3n) is 1.51. The largest absolute Gasteiger partial charge is 0.300 e. The van der Waals surface area contributed by atoms with Crippen molar-refractivity contribution in [1.82, 2.24) is 9.97 Å². The predicted molar refractivity (Wildman–Crippen MR) is 45.8 cm³/mol. The summed E-state index contributed by atoms with van der Waals surface area (Å²) in [5.74, 6) is 0.935. The highest BCUT2D eigenvalue weighted by Gasteiger charge is 1.99. The van der Waals surface area contributed by atoms with Gasteiger partial charge in [0.05, 0.1) is 5.69 Å². The van der Waals surface area contributed by atoms with Crippen LogP contribution in [0.1, 0.15) is 25.4 Å². The fourth-order valence-electron chi connectivity index (χ4n) is 0.965. The van der Waals surface area contributed by atoms with Crippen molar-refractivity contribution in [3.8, 4) is 0 Å². The van der Waals surface area contributed by atoms with Gasteiger partial charge in [0.15, 0.2) is 0 Å². The van der Waals surface area contributed by atoms with Crippen molar-refractivity contribution in [3.05, 3.63) is 23.8 Å². The SMILES string of the molecule is CCc1nccc(CC(C)=O)n1. The van der Waals surface area contributed by atoms with E-state index < -0.39 is 0 Å². The van der Waals surface area contributed by atoms with Crippen LogP contribution in [0.25, 0.3) is 0 Å². The Morgan fingerprint density at radius 2 is 2.33 bits per heavy atom. The summed E-state index contributed by atoms with van der Waals surface area (Å²) >= 11 is 0. The lowest BCUT2D eigenvalue weighted by Crippen LogP contribution is -2.02. The van der Waals surface area contributed by atoms with E-state index in [1.807, 2.05) is 6.92 Å². The van der Waals surface area contributed by atoms with Crippen molar-refractivity contribution in [2.75, 3.05) is 0 Å². The van der Waals surface area contributed by atoms with Gasteiger partial charge in [0.25, 0.3) is 0 Å². The average Bonchev–Trinajstić information content (AvgIpc) is 2.03. The molecule has 0 aliphatic rings. The number of rotatable bonds is 3. The Labute approximate surface area is 71.9 Å². The lowest BCUT2D eigenvalue weighted by Gasteiger charge is -1.98. The number of aromatic nitrogens is 2. The Kier molecular flexibility index (Phi) is 2.91. The van der Waals surface area contributed by atoms with Crippen LogP contribution in [0.15, 0.2) is 12.3 Å². The first-order valence-electron chi connectivity index (χ1n) is 4.02. The van der Waals surface area contributed by atoms with Gasteiger partial charge in [-0.25, -0.2) is 9.97 Å². The van der Waals surface area contributed by atoms with Crippen molar-refractivity contribution >= 4 is 5.78 Å². The van der Waals surface area contributed by atoms with Gasteiger partial charge >= 0.3 is 0 Å². The standard InChI is InChI=1S/C9H12N2O/c1-3-9-10-5-4-8(11-9)6-7(2)12/h4-5H,3,6H2,1-2H3. The molecule has 0 aromatic carbocycles. The van der Waals surface area contributed by atoms with E-state index in [4.69, 9.17) is 0 Å². The number of Topliss-reactive ketones (excluding diaryl/α,β-unsaturated/α-hetero) is 1. The van der Waals surface area contributed by atoms with Gasteiger partial charge in [-0.1, -0.05) is 6.92 Å². The molecule has 0 aliphatic carbocycles. The normalized spacial score (nSPS) is 9.83. The number of ketones is 1. The fourth-order valence-corrected chi connectivity index (χ4v) is 0.965. The van der Waals surface area contributed by atoms with Crippen LogP contribution in [0.2, 0.25) is 0 Å². The third-order valence-corrected chi connectivity index (χ3v) is 1.51. The summed E-state index contributed by atoms with van der Waals surface area (Å²) in [6.45, 7) is 3.56. The van der Waals surface area contributed by atoms with Gasteiger partial charge in [0.2, 0.25) is 0 Å². The average molecular weight is 164 g/mol. The van der Waals surface area contributed by atoms with Gasteiger partial charge in [-0.05, 0) is 13.0 Å². The molecular weight excluding hydrogens is 152 g/mol. The molecule has 1 aromatic rings. The Bertz CT molecular complexity index is 284. The van der Waals surface area contributed by atoms with E-state index in [-0.39, 0.29) is 5.78 Å². The molecule has 0 N–H and O–H groups in total. The zero-order chi connectivity index (χ0) is 8.97. The lowest BCUT2D eigenvalue weighted by molar-refractivity contribution is -0.116. The molecule has 0 amide bonds. The van der Waals surface area contributed by atoms with Crippen LogP contribution < -0.4 is 0 Å². The molecule has 64 valence electrons. The molecule has 0 fully saturated rings. The summed E-state index contributed by atoms with van der Waals surface area (Å²) in [5.41, 5.74) is 0.814. The Hall–Kier alpha value is -1.25. The molecule has 1 rings (SSSR count). The maximum atomic E-state index is 10.8.